The fourth-order valence-corrected chi connectivity index (χ4v) is 3.61. The van der Waals surface area contributed by atoms with Crippen molar-refractivity contribution in [3.8, 4) is 0 Å². The van der Waals surface area contributed by atoms with Crippen molar-refractivity contribution >= 4 is 29.2 Å². The second-order valence-electron chi connectivity index (χ2n) is 8.02. The number of benzene rings is 2. The van der Waals surface area contributed by atoms with Gasteiger partial charge >= 0.3 is 0 Å². The predicted molar refractivity (Wildman–Crippen MR) is 129 cm³/mol. The van der Waals surface area contributed by atoms with Gasteiger partial charge in [-0.15, -0.1) is 0 Å². The van der Waals surface area contributed by atoms with Crippen LogP contribution in [0.1, 0.15) is 67.9 Å². The normalized spacial score (nSPS) is 15.8. The van der Waals surface area contributed by atoms with Crippen molar-refractivity contribution in [1.29, 1.82) is 0 Å². The quantitative estimate of drug-likeness (QED) is 0.372. The minimum atomic E-state index is -0.660. The van der Waals surface area contributed by atoms with Gasteiger partial charge in [0.15, 0.2) is 0 Å². The monoisotopic (exact) mass is 474 g/mol. The van der Waals surface area contributed by atoms with Crippen LogP contribution < -0.4 is 10.6 Å². The van der Waals surface area contributed by atoms with E-state index in [0.717, 1.165) is 43.1 Å². The summed E-state index contributed by atoms with van der Waals surface area (Å²) in [6.07, 6.45) is 4.21. The highest BCUT2D eigenvalue weighted by Gasteiger charge is 2.20. The standard InChI is InChI=1S/C25H29ClF2N4O/c1-3-19(15-23(29-4-2)16-8-11-18(27)12-9-16)30-25(31-20-6-5-7-20)32-24(33)17-10-13-21(26)22(28)14-17/h8-14,20,23,29H,3-7,15H2,1-2H3,(H,31,32,33). The largest absolute Gasteiger partial charge is 0.310 e. The van der Waals surface area contributed by atoms with Crippen LogP contribution in [0.2, 0.25) is 5.02 Å². The maximum absolute atomic E-state index is 13.8. The van der Waals surface area contributed by atoms with E-state index >= 15 is 0 Å². The summed E-state index contributed by atoms with van der Waals surface area (Å²) in [6, 6.07) is 10.4. The summed E-state index contributed by atoms with van der Waals surface area (Å²) in [5.74, 6) is -1.21. The molecule has 2 aromatic carbocycles. The zero-order valence-corrected chi connectivity index (χ0v) is 19.6. The van der Waals surface area contributed by atoms with E-state index in [2.05, 4.69) is 20.6 Å². The van der Waals surface area contributed by atoms with Gasteiger partial charge in [0.1, 0.15) is 11.6 Å². The molecule has 176 valence electrons. The molecule has 1 unspecified atom stereocenters. The number of rotatable bonds is 8. The molecule has 1 aliphatic carbocycles. The van der Waals surface area contributed by atoms with Crippen LogP contribution in [-0.2, 0) is 0 Å². The van der Waals surface area contributed by atoms with Gasteiger partial charge < -0.3 is 5.32 Å². The minimum absolute atomic E-state index is 0.0449. The molecule has 1 saturated carbocycles. The molecule has 5 nitrogen and oxygen atoms in total. The van der Waals surface area contributed by atoms with Gasteiger partial charge in [-0.3, -0.25) is 10.1 Å². The van der Waals surface area contributed by atoms with Crippen LogP contribution in [0.3, 0.4) is 0 Å². The van der Waals surface area contributed by atoms with E-state index in [9.17, 15) is 13.6 Å². The fraction of sp³-hybridized carbons (Fsp3) is 0.400. The van der Waals surface area contributed by atoms with E-state index in [1.807, 2.05) is 13.8 Å². The van der Waals surface area contributed by atoms with Gasteiger partial charge in [-0.25, -0.2) is 18.8 Å². The highest BCUT2D eigenvalue weighted by atomic mass is 35.5. The highest BCUT2D eigenvalue weighted by Crippen LogP contribution is 2.23. The molecule has 0 heterocycles. The van der Waals surface area contributed by atoms with Crippen molar-refractivity contribution in [2.24, 2.45) is 9.98 Å². The number of nitrogens with one attached hydrogen (secondary N) is 2. The van der Waals surface area contributed by atoms with Gasteiger partial charge in [-0.2, -0.15) is 0 Å². The van der Waals surface area contributed by atoms with Gasteiger partial charge in [0, 0.05) is 23.7 Å². The average Bonchev–Trinajstić information content (AvgIpc) is 2.77. The lowest BCUT2D eigenvalue weighted by Gasteiger charge is -2.22. The molecule has 2 N–H and O–H groups in total. The summed E-state index contributed by atoms with van der Waals surface area (Å²) in [4.78, 5) is 22.0. The van der Waals surface area contributed by atoms with Crippen LogP contribution in [0, 0.1) is 11.6 Å². The van der Waals surface area contributed by atoms with Crippen molar-refractivity contribution in [3.05, 3.63) is 70.2 Å². The summed E-state index contributed by atoms with van der Waals surface area (Å²) in [5.41, 5.74) is 1.94. The van der Waals surface area contributed by atoms with Crippen molar-refractivity contribution in [2.75, 3.05) is 6.54 Å². The lowest BCUT2D eigenvalue weighted by Crippen LogP contribution is -2.33. The maximum Gasteiger partial charge on any atom is 0.258 e. The molecule has 0 bridgehead atoms. The number of carbonyl (C=O) groups excluding carboxylic acids is 1. The molecular weight excluding hydrogens is 446 g/mol. The van der Waals surface area contributed by atoms with Gasteiger partial charge in [0.05, 0.1) is 11.1 Å². The third-order valence-electron chi connectivity index (χ3n) is 5.62. The minimum Gasteiger partial charge on any atom is -0.310 e. The summed E-state index contributed by atoms with van der Waals surface area (Å²) in [7, 11) is 0. The zero-order valence-electron chi connectivity index (χ0n) is 18.9. The number of nitrogens with zero attached hydrogens (tertiary/aromatic N) is 2. The number of carbonyl (C=O) groups is 1. The van der Waals surface area contributed by atoms with Gasteiger partial charge in [0.25, 0.3) is 5.91 Å². The molecule has 2 aromatic rings. The Balaban J connectivity index is 1.82. The van der Waals surface area contributed by atoms with E-state index in [1.165, 1.54) is 24.3 Å². The van der Waals surface area contributed by atoms with Crippen molar-refractivity contribution in [2.45, 2.75) is 58.0 Å². The third-order valence-corrected chi connectivity index (χ3v) is 5.93. The molecule has 0 radical (unpaired) electrons. The molecule has 3 rings (SSSR count). The molecule has 1 fully saturated rings. The molecule has 1 aliphatic rings. The number of hydrogen-bond donors (Lipinski definition) is 2. The summed E-state index contributed by atoms with van der Waals surface area (Å²) < 4.78 is 27.2. The first-order valence-electron chi connectivity index (χ1n) is 11.3. The van der Waals surface area contributed by atoms with Crippen LogP contribution in [0.25, 0.3) is 0 Å². The average molecular weight is 475 g/mol. The van der Waals surface area contributed by atoms with Crippen molar-refractivity contribution < 1.29 is 13.6 Å². The van der Waals surface area contributed by atoms with Crippen LogP contribution in [0.15, 0.2) is 52.4 Å². The summed E-state index contributed by atoms with van der Waals surface area (Å²) in [6.45, 7) is 4.74. The number of hydrogen-bond acceptors (Lipinski definition) is 3. The zero-order chi connectivity index (χ0) is 23.8. The van der Waals surface area contributed by atoms with Gasteiger partial charge in [-0.1, -0.05) is 37.6 Å². The van der Waals surface area contributed by atoms with Crippen LogP contribution >= 0.6 is 11.6 Å². The van der Waals surface area contributed by atoms with Crippen molar-refractivity contribution in [1.82, 2.24) is 10.6 Å². The first kappa shape index (κ1) is 25.0. The summed E-state index contributed by atoms with van der Waals surface area (Å²) >= 11 is 5.73. The summed E-state index contributed by atoms with van der Waals surface area (Å²) in [5, 5.41) is 6.11. The molecule has 0 spiro atoms. The predicted octanol–water partition coefficient (Wildman–Crippen LogP) is 5.85. The topological polar surface area (TPSA) is 65.8 Å². The second-order valence-corrected chi connectivity index (χ2v) is 8.43. The number of aliphatic imine (C=N–C) groups is 2. The Kier molecular flexibility index (Phi) is 9.09. The first-order chi connectivity index (χ1) is 15.9. The molecule has 0 aliphatic heterocycles. The first-order valence-corrected chi connectivity index (χ1v) is 11.7. The number of amides is 1. The van der Waals surface area contributed by atoms with E-state index in [0.29, 0.717) is 12.8 Å². The molecule has 1 amide bonds. The Hall–Kier alpha value is -2.64. The smallest absolute Gasteiger partial charge is 0.258 e. The maximum atomic E-state index is 13.8. The van der Waals surface area contributed by atoms with Crippen LogP contribution in [-0.4, -0.2) is 30.2 Å². The molecule has 1 atom stereocenters. The van der Waals surface area contributed by atoms with Gasteiger partial charge in [0.2, 0.25) is 5.96 Å². The Bertz CT molecular complexity index is 1020. The number of halogens is 3. The lowest BCUT2D eigenvalue weighted by atomic mass is 9.94. The van der Waals surface area contributed by atoms with E-state index in [4.69, 9.17) is 11.6 Å². The lowest BCUT2D eigenvalue weighted by molar-refractivity contribution is 0.0976. The van der Waals surface area contributed by atoms with Gasteiger partial charge in [-0.05, 0) is 68.1 Å². The van der Waals surface area contributed by atoms with Crippen LogP contribution in [0.5, 0.6) is 0 Å². The Morgan fingerprint density at radius 2 is 1.88 bits per heavy atom. The fourth-order valence-electron chi connectivity index (χ4n) is 3.49. The third kappa shape index (κ3) is 7.17. The van der Waals surface area contributed by atoms with E-state index in [-0.39, 0.29) is 34.4 Å². The second kappa shape index (κ2) is 12.0. The van der Waals surface area contributed by atoms with E-state index in [1.54, 1.807) is 12.1 Å². The number of guanidine groups is 1. The van der Waals surface area contributed by atoms with Crippen LogP contribution in [0.4, 0.5) is 8.78 Å². The Labute approximate surface area is 198 Å². The molecule has 0 saturated heterocycles. The molecular formula is C25H29ClF2N4O. The highest BCUT2D eigenvalue weighted by molar-refractivity contribution is 6.30. The molecule has 0 aromatic heterocycles. The van der Waals surface area contributed by atoms with E-state index < -0.39 is 11.7 Å². The Morgan fingerprint density at radius 3 is 2.45 bits per heavy atom. The molecule has 33 heavy (non-hydrogen) atoms. The molecule has 8 heteroatoms. The Morgan fingerprint density at radius 1 is 1.15 bits per heavy atom. The van der Waals surface area contributed by atoms with Crippen molar-refractivity contribution in [3.63, 3.8) is 0 Å². The SMILES string of the molecule is CCNC(CC(CC)=NC(=NC1CCC1)NC(=O)c1ccc(Cl)c(F)c1)c1ccc(F)cc1.